The van der Waals surface area contributed by atoms with Crippen LogP contribution >= 0.6 is 0 Å². The molecule has 1 heterocycles. The minimum Gasteiger partial charge on any atom is -0.382 e. The van der Waals surface area contributed by atoms with Crippen LogP contribution in [0, 0.1) is 6.92 Å². The molecule has 1 aromatic rings. The number of hydrogen-bond acceptors (Lipinski definition) is 4. The lowest BCUT2D eigenvalue weighted by Crippen LogP contribution is -2.31. The zero-order valence-corrected chi connectivity index (χ0v) is 6.66. The fourth-order valence-corrected chi connectivity index (χ4v) is 0.725. The number of rotatable bonds is 2. The fraction of sp³-hybridized carbons (Fsp3) is 0.571. The molecule has 0 aromatic carbocycles. The van der Waals surface area contributed by atoms with Crippen molar-refractivity contribution in [3.63, 3.8) is 0 Å². The Bertz CT molecular complexity index is 242. The molecule has 1 rings (SSSR count). The highest BCUT2D eigenvalue weighted by molar-refractivity contribution is 5.11. The van der Waals surface area contributed by atoms with Crippen LogP contribution in [-0.4, -0.2) is 16.8 Å². The summed E-state index contributed by atoms with van der Waals surface area (Å²) in [7, 11) is 0. The standard InChI is InChI=1S/C7H12N2O2/c1-5-3-6(9-11-5)7(2,10)4-8/h3,10H,4,8H2,1-2H3. The van der Waals surface area contributed by atoms with Gasteiger partial charge in [0.05, 0.1) is 0 Å². The van der Waals surface area contributed by atoms with Gasteiger partial charge < -0.3 is 15.4 Å². The van der Waals surface area contributed by atoms with E-state index in [4.69, 9.17) is 10.3 Å². The molecule has 3 N–H and O–H groups in total. The molecule has 1 aromatic heterocycles. The van der Waals surface area contributed by atoms with Gasteiger partial charge in [-0.25, -0.2) is 0 Å². The molecule has 0 saturated carbocycles. The highest BCUT2D eigenvalue weighted by Gasteiger charge is 2.24. The molecule has 11 heavy (non-hydrogen) atoms. The van der Waals surface area contributed by atoms with Gasteiger partial charge in [-0.1, -0.05) is 5.16 Å². The smallest absolute Gasteiger partial charge is 0.134 e. The summed E-state index contributed by atoms with van der Waals surface area (Å²) in [4.78, 5) is 0. The van der Waals surface area contributed by atoms with E-state index >= 15 is 0 Å². The van der Waals surface area contributed by atoms with Crippen molar-refractivity contribution in [1.29, 1.82) is 0 Å². The molecule has 4 heteroatoms. The van der Waals surface area contributed by atoms with E-state index in [0.29, 0.717) is 11.5 Å². The Balaban J connectivity index is 2.92. The van der Waals surface area contributed by atoms with Crippen molar-refractivity contribution in [3.05, 3.63) is 17.5 Å². The van der Waals surface area contributed by atoms with E-state index in [2.05, 4.69) is 5.16 Å². The van der Waals surface area contributed by atoms with Crippen LogP contribution in [0.2, 0.25) is 0 Å². The van der Waals surface area contributed by atoms with Gasteiger partial charge in [0.2, 0.25) is 0 Å². The van der Waals surface area contributed by atoms with Crippen molar-refractivity contribution in [2.75, 3.05) is 6.54 Å². The number of aryl methyl sites for hydroxylation is 1. The maximum Gasteiger partial charge on any atom is 0.134 e. The SMILES string of the molecule is Cc1cc(C(C)(O)CN)no1. The van der Waals surface area contributed by atoms with Crippen LogP contribution in [0.5, 0.6) is 0 Å². The van der Waals surface area contributed by atoms with Gasteiger partial charge in [0.25, 0.3) is 0 Å². The summed E-state index contributed by atoms with van der Waals surface area (Å²) in [5.41, 5.74) is 4.73. The van der Waals surface area contributed by atoms with Gasteiger partial charge in [-0.2, -0.15) is 0 Å². The monoisotopic (exact) mass is 156 g/mol. The first-order chi connectivity index (χ1) is 5.06. The summed E-state index contributed by atoms with van der Waals surface area (Å²) < 4.78 is 4.79. The summed E-state index contributed by atoms with van der Waals surface area (Å²) in [6.07, 6.45) is 0. The average molecular weight is 156 g/mol. The molecule has 0 bridgehead atoms. The molecule has 1 unspecified atom stereocenters. The quantitative estimate of drug-likeness (QED) is 0.639. The van der Waals surface area contributed by atoms with Gasteiger partial charge in [-0.3, -0.25) is 0 Å². The molecule has 4 nitrogen and oxygen atoms in total. The fourth-order valence-electron chi connectivity index (χ4n) is 0.725. The molecule has 0 fully saturated rings. The van der Waals surface area contributed by atoms with E-state index in [1.165, 1.54) is 0 Å². The molecule has 0 amide bonds. The van der Waals surface area contributed by atoms with Crippen molar-refractivity contribution >= 4 is 0 Å². The number of aromatic nitrogens is 1. The van der Waals surface area contributed by atoms with E-state index in [9.17, 15) is 5.11 Å². The van der Waals surface area contributed by atoms with Crippen LogP contribution in [0.15, 0.2) is 10.6 Å². The number of nitrogens with two attached hydrogens (primary N) is 1. The Morgan fingerprint density at radius 1 is 1.82 bits per heavy atom. The lowest BCUT2D eigenvalue weighted by Gasteiger charge is -2.16. The number of aliphatic hydroxyl groups is 1. The van der Waals surface area contributed by atoms with Crippen molar-refractivity contribution in [2.24, 2.45) is 5.73 Å². The van der Waals surface area contributed by atoms with E-state index in [1.807, 2.05) is 0 Å². The zero-order valence-electron chi connectivity index (χ0n) is 6.66. The largest absolute Gasteiger partial charge is 0.382 e. The van der Waals surface area contributed by atoms with Crippen LogP contribution in [0.3, 0.4) is 0 Å². The topological polar surface area (TPSA) is 72.3 Å². The normalized spacial score (nSPS) is 16.4. The van der Waals surface area contributed by atoms with Crippen molar-refractivity contribution < 1.29 is 9.63 Å². The summed E-state index contributed by atoms with van der Waals surface area (Å²) in [6.45, 7) is 3.51. The molecule has 1 atom stereocenters. The second-order valence-corrected chi connectivity index (χ2v) is 2.80. The second kappa shape index (κ2) is 2.64. The minimum absolute atomic E-state index is 0.138. The Morgan fingerprint density at radius 3 is 2.82 bits per heavy atom. The summed E-state index contributed by atoms with van der Waals surface area (Å²) in [5.74, 6) is 0.675. The average Bonchev–Trinajstić information content (AvgIpc) is 2.36. The second-order valence-electron chi connectivity index (χ2n) is 2.80. The molecule has 0 saturated heterocycles. The summed E-state index contributed by atoms with van der Waals surface area (Å²) in [5, 5.41) is 13.2. The first kappa shape index (κ1) is 8.23. The van der Waals surface area contributed by atoms with Crippen molar-refractivity contribution in [1.82, 2.24) is 5.16 Å². The van der Waals surface area contributed by atoms with Crippen LogP contribution in [0.4, 0.5) is 0 Å². The minimum atomic E-state index is -1.07. The third-order valence-corrected chi connectivity index (χ3v) is 1.58. The Hall–Kier alpha value is -0.870. The summed E-state index contributed by atoms with van der Waals surface area (Å²) in [6, 6.07) is 1.67. The predicted molar refractivity (Wildman–Crippen MR) is 39.9 cm³/mol. The Kier molecular flexibility index (Phi) is 1.97. The van der Waals surface area contributed by atoms with Gasteiger partial charge in [0, 0.05) is 12.6 Å². The predicted octanol–water partition coefficient (Wildman–Crippen LogP) is 0.149. The van der Waals surface area contributed by atoms with Crippen LogP contribution in [0.1, 0.15) is 18.4 Å². The molecule has 0 aliphatic carbocycles. The first-order valence-corrected chi connectivity index (χ1v) is 3.42. The number of hydrogen-bond donors (Lipinski definition) is 2. The maximum absolute atomic E-state index is 9.56. The third kappa shape index (κ3) is 1.58. The van der Waals surface area contributed by atoms with Gasteiger partial charge in [-0.15, -0.1) is 0 Å². The van der Waals surface area contributed by atoms with Gasteiger partial charge in [0.15, 0.2) is 0 Å². The molecule has 0 aliphatic heterocycles. The van der Waals surface area contributed by atoms with E-state index in [1.54, 1.807) is 19.9 Å². The van der Waals surface area contributed by atoms with Gasteiger partial charge in [0.1, 0.15) is 17.1 Å². The molecule has 0 spiro atoms. The lowest BCUT2D eigenvalue weighted by molar-refractivity contribution is 0.0586. The van der Waals surface area contributed by atoms with Gasteiger partial charge in [-0.05, 0) is 13.8 Å². The zero-order chi connectivity index (χ0) is 8.48. The molecular weight excluding hydrogens is 144 g/mol. The van der Waals surface area contributed by atoms with Crippen LogP contribution in [-0.2, 0) is 5.60 Å². The first-order valence-electron chi connectivity index (χ1n) is 3.42. The van der Waals surface area contributed by atoms with Crippen LogP contribution < -0.4 is 5.73 Å². The number of nitrogens with zero attached hydrogens (tertiary/aromatic N) is 1. The lowest BCUT2D eigenvalue weighted by atomic mass is 10.0. The van der Waals surface area contributed by atoms with E-state index in [-0.39, 0.29) is 6.54 Å². The Morgan fingerprint density at radius 2 is 2.45 bits per heavy atom. The molecular formula is C7H12N2O2. The Labute approximate surface area is 65.0 Å². The molecule has 0 radical (unpaired) electrons. The van der Waals surface area contributed by atoms with E-state index in [0.717, 1.165) is 0 Å². The highest BCUT2D eigenvalue weighted by Crippen LogP contribution is 2.17. The van der Waals surface area contributed by atoms with E-state index < -0.39 is 5.60 Å². The highest BCUT2D eigenvalue weighted by atomic mass is 16.5. The molecule has 0 aliphatic rings. The van der Waals surface area contributed by atoms with Gasteiger partial charge >= 0.3 is 0 Å². The van der Waals surface area contributed by atoms with Crippen molar-refractivity contribution in [2.45, 2.75) is 19.4 Å². The third-order valence-electron chi connectivity index (χ3n) is 1.58. The van der Waals surface area contributed by atoms with Crippen molar-refractivity contribution in [3.8, 4) is 0 Å². The molecule has 62 valence electrons. The summed E-state index contributed by atoms with van der Waals surface area (Å²) >= 11 is 0. The van der Waals surface area contributed by atoms with Crippen LogP contribution in [0.25, 0.3) is 0 Å². The maximum atomic E-state index is 9.56.